The molecule has 0 spiro atoms. The van der Waals surface area contributed by atoms with Gasteiger partial charge < -0.3 is 5.32 Å². The van der Waals surface area contributed by atoms with Crippen LogP contribution in [0.4, 0.5) is 10.5 Å². The van der Waals surface area contributed by atoms with Gasteiger partial charge in [0.15, 0.2) is 0 Å². The molecule has 1 aromatic carbocycles. The largest absolute Gasteiger partial charge is 0.333 e. The Morgan fingerprint density at radius 1 is 1.33 bits per heavy atom. The van der Waals surface area contributed by atoms with Gasteiger partial charge >= 0.3 is 6.03 Å². The zero-order valence-corrected chi connectivity index (χ0v) is 9.86. The summed E-state index contributed by atoms with van der Waals surface area (Å²) < 4.78 is 0. The third kappa shape index (κ3) is 3.95. The highest BCUT2D eigenvalue weighted by Crippen LogP contribution is 2.25. The van der Waals surface area contributed by atoms with E-state index < -0.39 is 0 Å². The van der Waals surface area contributed by atoms with Crippen molar-refractivity contribution in [1.82, 2.24) is 10.4 Å². The zero-order valence-electron chi connectivity index (χ0n) is 8.34. The first kappa shape index (κ1) is 12.1. The highest BCUT2D eigenvalue weighted by Gasteiger charge is 2.05. The molecule has 15 heavy (non-hydrogen) atoms. The molecule has 0 fully saturated rings. The first-order valence-corrected chi connectivity index (χ1v) is 4.94. The molecule has 0 saturated carbocycles. The van der Waals surface area contributed by atoms with Crippen molar-refractivity contribution in [2.75, 3.05) is 19.4 Å². The third-order valence-corrected chi connectivity index (χ3v) is 2.05. The molecule has 0 aliphatic rings. The summed E-state index contributed by atoms with van der Waals surface area (Å²) in [6.45, 7) is 0. The fraction of sp³-hybridized carbons (Fsp3) is 0.222. The molecule has 1 rings (SSSR count). The summed E-state index contributed by atoms with van der Waals surface area (Å²) in [5.41, 5.74) is 3.04. The number of rotatable bonds is 2. The molecule has 4 nitrogen and oxygen atoms in total. The smallest absolute Gasteiger partial charge is 0.305 e. The average molecular weight is 248 g/mol. The lowest BCUT2D eigenvalue weighted by atomic mass is 10.3. The minimum atomic E-state index is -0.357. The second-order valence-corrected chi connectivity index (χ2v) is 3.93. The molecule has 2 amide bonds. The summed E-state index contributed by atoms with van der Waals surface area (Å²) in [5.74, 6) is 0. The van der Waals surface area contributed by atoms with E-state index in [2.05, 4.69) is 10.7 Å². The minimum Gasteiger partial charge on any atom is -0.305 e. The van der Waals surface area contributed by atoms with Crippen LogP contribution in [0.25, 0.3) is 0 Å². The Hall–Kier alpha value is -0.970. The number of carbonyl (C=O) groups excluding carboxylic acids is 1. The quantitative estimate of drug-likeness (QED) is 0.790. The minimum absolute atomic E-state index is 0.357. The number of hydrogen-bond donors (Lipinski definition) is 2. The number of benzene rings is 1. The van der Waals surface area contributed by atoms with Crippen LogP contribution < -0.4 is 10.7 Å². The van der Waals surface area contributed by atoms with Gasteiger partial charge in [0.05, 0.1) is 10.7 Å². The van der Waals surface area contributed by atoms with Crippen molar-refractivity contribution in [2.45, 2.75) is 0 Å². The maximum Gasteiger partial charge on any atom is 0.333 e. The number of hydrogen-bond acceptors (Lipinski definition) is 2. The molecule has 0 atom stereocenters. The molecule has 6 heteroatoms. The van der Waals surface area contributed by atoms with Crippen LogP contribution in [0.2, 0.25) is 10.0 Å². The summed E-state index contributed by atoms with van der Waals surface area (Å²) in [4.78, 5) is 11.3. The summed E-state index contributed by atoms with van der Waals surface area (Å²) in [6.07, 6.45) is 0. The Balaban J connectivity index is 2.68. The number of halogens is 2. The van der Waals surface area contributed by atoms with Gasteiger partial charge in [0.25, 0.3) is 0 Å². The summed E-state index contributed by atoms with van der Waals surface area (Å²) in [5, 5.41) is 5.04. The van der Waals surface area contributed by atoms with Crippen molar-refractivity contribution in [3.8, 4) is 0 Å². The highest BCUT2D eigenvalue weighted by molar-refractivity contribution is 6.36. The van der Waals surface area contributed by atoms with E-state index in [1.54, 1.807) is 32.3 Å². The molecule has 0 radical (unpaired) electrons. The fourth-order valence-electron chi connectivity index (χ4n) is 0.944. The van der Waals surface area contributed by atoms with Gasteiger partial charge in [0.1, 0.15) is 0 Å². The topological polar surface area (TPSA) is 44.4 Å². The second kappa shape index (κ2) is 5.21. The molecular formula is C9H11Cl2N3O. The molecule has 0 heterocycles. The Kier molecular flexibility index (Phi) is 4.20. The molecule has 0 aliphatic heterocycles. The number of hydrazine groups is 1. The monoisotopic (exact) mass is 247 g/mol. The zero-order chi connectivity index (χ0) is 11.4. The van der Waals surface area contributed by atoms with Crippen molar-refractivity contribution in [3.63, 3.8) is 0 Å². The molecular weight excluding hydrogens is 237 g/mol. The van der Waals surface area contributed by atoms with Gasteiger partial charge in [0.2, 0.25) is 0 Å². The number of anilines is 1. The second-order valence-electron chi connectivity index (χ2n) is 3.08. The number of urea groups is 1. The Morgan fingerprint density at radius 3 is 2.53 bits per heavy atom. The van der Waals surface area contributed by atoms with Crippen LogP contribution in [0.3, 0.4) is 0 Å². The van der Waals surface area contributed by atoms with E-state index in [4.69, 9.17) is 23.2 Å². The standard InChI is InChI=1S/C9H11Cl2N3O/c1-14(2)13-9(15)12-8-4-3-6(10)5-7(8)11/h3-5H,1-2H3,(H2,12,13,15). The maximum absolute atomic E-state index is 11.3. The SMILES string of the molecule is CN(C)NC(=O)Nc1ccc(Cl)cc1Cl. The van der Waals surface area contributed by atoms with E-state index >= 15 is 0 Å². The summed E-state index contributed by atoms with van der Waals surface area (Å²) in [7, 11) is 3.42. The lowest BCUT2D eigenvalue weighted by Crippen LogP contribution is -2.39. The molecule has 0 bridgehead atoms. The molecule has 0 unspecified atom stereocenters. The normalized spacial score (nSPS) is 10.2. The maximum atomic E-state index is 11.3. The molecule has 0 saturated heterocycles. The number of nitrogens with one attached hydrogen (secondary N) is 2. The first-order chi connectivity index (χ1) is 6.99. The van der Waals surface area contributed by atoms with Crippen LogP contribution in [0.1, 0.15) is 0 Å². The van der Waals surface area contributed by atoms with Crippen LogP contribution in [0.5, 0.6) is 0 Å². The van der Waals surface area contributed by atoms with E-state index in [1.165, 1.54) is 5.01 Å². The molecule has 2 N–H and O–H groups in total. The highest BCUT2D eigenvalue weighted by atomic mass is 35.5. The summed E-state index contributed by atoms with van der Waals surface area (Å²) >= 11 is 11.6. The molecule has 0 aliphatic carbocycles. The number of amides is 2. The summed E-state index contributed by atoms with van der Waals surface area (Å²) in [6, 6.07) is 4.50. The third-order valence-electron chi connectivity index (χ3n) is 1.50. The van der Waals surface area contributed by atoms with Gasteiger partial charge in [0, 0.05) is 19.1 Å². The van der Waals surface area contributed by atoms with Crippen molar-refractivity contribution in [1.29, 1.82) is 0 Å². The van der Waals surface area contributed by atoms with E-state index in [-0.39, 0.29) is 6.03 Å². The average Bonchev–Trinajstić information content (AvgIpc) is 2.08. The van der Waals surface area contributed by atoms with Crippen molar-refractivity contribution in [2.24, 2.45) is 0 Å². The first-order valence-electron chi connectivity index (χ1n) is 4.19. The lowest BCUT2D eigenvalue weighted by Gasteiger charge is -2.13. The Bertz CT molecular complexity index is 368. The Morgan fingerprint density at radius 2 is 2.00 bits per heavy atom. The van der Waals surface area contributed by atoms with Crippen molar-refractivity contribution < 1.29 is 4.79 Å². The Labute approximate surface area is 98.1 Å². The van der Waals surface area contributed by atoms with E-state index in [9.17, 15) is 4.79 Å². The molecule has 82 valence electrons. The van der Waals surface area contributed by atoms with Crippen molar-refractivity contribution in [3.05, 3.63) is 28.2 Å². The van der Waals surface area contributed by atoms with Crippen molar-refractivity contribution >= 4 is 34.9 Å². The van der Waals surface area contributed by atoms with Gasteiger partial charge in [-0.1, -0.05) is 23.2 Å². The van der Waals surface area contributed by atoms with Gasteiger partial charge in [-0.25, -0.2) is 9.80 Å². The number of nitrogens with zero attached hydrogens (tertiary/aromatic N) is 1. The molecule has 1 aromatic rings. The fourth-order valence-corrected chi connectivity index (χ4v) is 1.40. The van der Waals surface area contributed by atoms with Crippen LogP contribution in [-0.4, -0.2) is 25.1 Å². The lowest BCUT2D eigenvalue weighted by molar-refractivity contribution is 0.224. The van der Waals surface area contributed by atoms with Crippen LogP contribution >= 0.6 is 23.2 Å². The van der Waals surface area contributed by atoms with Gasteiger partial charge in [-0.15, -0.1) is 0 Å². The van der Waals surface area contributed by atoms with E-state index in [0.29, 0.717) is 15.7 Å². The van der Waals surface area contributed by atoms with Gasteiger partial charge in [-0.2, -0.15) is 0 Å². The van der Waals surface area contributed by atoms with Crippen LogP contribution in [0.15, 0.2) is 18.2 Å². The van der Waals surface area contributed by atoms with Gasteiger partial charge in [-0.3, -0.25) is 5.43 Å². The predicted molar refractivity (Wildman–Crippen MR) is 62.3 cm³/mol. The van der Waals surface area contributed by atoms with Gasteiger partial charge in [-0.05, 0) is 18.2 Å². The van der Waals surface area contributed by atoms with Crippen LogP contribution in [-0.2, 0) is 0 Å². The molecule has 0 aromatic heterocycles. The number of carbonyl (C=O) groups is 1. The van der Waals surface area contributed by atoms with E-state index in [1.807, 2.05) is 0 Å². The predicted octanol–water partition coefficient (Wildman–Crippen LogP) is 2.59. The van der Waals surface area contributed by atoms with Crippen LogP contribution in [0, 0.1) is 0 Å². The van der Waals surface area contributed by atoms with E-state index in [0.717, 1.165) is 0 Å².